The van der Waals surface area contributed by atoms with E-state index >= 15 is 0 Å². The molecular weight excluding hydrogens is 423 g/mol. The lowest BCUT2D eigenvalue weighted by atomic mass is 9.43. The lowest BCUT2D eigenvalue weighted by Crippen LogP contribution is -2.65. The van der Waals surface area contributed by atoms with Crippen LogP contribution in [-0.2, 0) is 20.5 Å². The van der Waals surface area contributed by atoms with Crippen molar-refractivity contribution in [2.75, 3.05) is 0 Å². The maximum atomic E-state index is 13.2. The fraction of sp³-hybridized carbons (Fsp3) is 0.720. The minimum Gasteiger partial charge on any atom is -0.404 e. The average molecular weight is 463 g/mol. The van der Waals surface area contributed by atoms with Gasteiger partial charge in [0.05, 0.1) is 23.2 Å². The Morgan fingerprint density at radius 3 is 2.50 bits per heavy atom. The number of nitrogens with two attached hydrogens (primary N) is 1. The van der Waals surface area contributed by atoms with Crippen LogP contribution in [0.5, 0.6) is 0 Å². The molecule has 3 saturated carbocycles. The van der Waals surface area contributed by atoms with Crippen LogP contribution in [-0.4, -0.2) is 36.2 Å². The zero-order chi connectivity index (χ0) is 22.6. The second-order valence-corrected chi connectivity index (χ2v) is 11.6. The molecule has 1 aliphatic heterocycles. The summed E-state index contributed by atoms with van der Waals surface area (Å²) in [7, 11) is -0.427. The van der Waals surface area contributed by atoms with Gasteiger partial charge in [-0.3, -0.25) is 4.79 Å². The van der Waals surface area contributed by atoms with Gasteiger partial charge in [-0.15, -0.1) is 12.4 Å². The largest absolute Gasteiger partial charge is 0.481 e. The van der Waals surface area contributed by atoms with Crippen LogP contribution in [0.4, 0.5) is 0 Å². The van der Waals surface area contributed by atoms with Gasteiger partial charge in [-0.05, 0) is 68.3 Å². The maximum absolute atomic E-state index is 13.2. The first-order valence-corrected chi connectivity index (χ1v) is 11.9. The Labute approximate surface area is 200 Å². The lowest BCUT2D eigenvalue weighted by Gasteiger charge is -2.64. The predicted molar refractivity (Wildman–Crippen MR) is 131 cm³/mol. The van der Waals surface area contributed by atoms with Crippen LogP contribution in [0.15, 0.2) is 30.3 Å². The molecule has 7 heteroatoms. The van der Waals surface area contributed by atoms with E-state index in [0.717, 1.165) is 18.4 Å². The van der Waals surface area contributed by atoms with Crippen LogP contribution >= 0.6 is 12.4 Å². The van der Waals surface area contributed by atoms with Crippen molar-refractivity contribution < 1.29 is 14.1 Å². The van der Waals surface area contributed by atoms with E-state index in [1.54, 1.807) is 6.92 Å². The molecule has 0 unspecified atom stereocenters. The monoisotopic (exact) mass is 462 g/mol. The maximum Gasteiger partial charge on any atom is 0.481 e. The van der Waals surface area contributed by atoms with E-state index in [1.807, 2.05) is 30.3 Å². The number of carbonyl (C=O) groups excluding carboxylic acids is 1. The second kappa shape index (κ2) is 8.94. The number of nitrogens with one attached hydrogen (secondary N) is 1. The highest BCUT2D eigenvalue weighted by atomic mass is 35.5. The summed E-state index contributed by atoms with van der Waals surface area (Å²) in [4.78, 5) is 13.2. The normalized spacial score (nSPS) is 32.9. The van der Waals surface area contributed by atoms with Crippen molar-refractivity contribution in [3.63, 3.8) is 0 Å². The molecule has 1 aromatic carbocycles. The third kappa shape index (κ3) is 4.48. The molecule has 5 nitrogen and oxygen atoms in total. The van der Waals surface area contributed by atoms with Gasteiger partial charge in [0.15, 0.2) is 0 Å². The van der Waals surface area contributed by atoms with Gasteiger partial charge < -0.3 is 20.4 Å². The highest BCUT2D eigenvalue weighted by molar-refractivity contribution is 6.48. The Morgan fingerprint density at radius 1 is 1.25 bits per heavy atom. The number of rotatable bonds is 7. The lowest BCUT2D eigenvalue weighted by molar-refractivity contribution is -0.199. The number of hydrogen-bond acceptors (Lipinski definition) is 4. The van der Waals surface area contributed by atoms with Crippen LogP contribution in [0.3, 0.4) is 0 Å². The number of hydrogen-bond donors (Lipinski definition) is 2. The van der Waals surface area contributed by atoms with Crippen LogP contribution < -0.4 is 11.1 Å². The molecule has 2 bridgehead atoms. The quantitative estimate of drug-likeness (QED) is 0.597. The smallest absolute Gasteiger partial charge is 0.404 e. The molecule has 4 aliphatic rings. The molecule has 1 saturated heterocycles. The van der Waals surface area contributed by atoms with Crippen molar-refractivity contribution in [2.24, 2.45) is 28.9 Å². The van der Waals surface area contributed by atoms with Crippen LogP contribution in [0.25, 0.3) is 0 Å². The Morgan fingerprint density at radius 2 is 1.91 bits per heavy atom. The van der Waals surface area contributed by atoms with Gasteiger partial charge in [0.2, 0.25) is 5.91 Å². The first kappa shape index (κ1) is 25.5. The van der Waals surface area contributed by atoms with Crippen molar-refractivity contribution in [1.29, 1.82) is 0 Å². The van der Waals surface area contributed by atoms with Crippen LogP contribution in [0.1, 0.15) is 66.4 Å². The number of halogens is 1. The van der Waals surface area contributed by atoms with Gasteiger partial charge in [0.25, 0.3) is 0 Å². The van der Waals surface area contributed by atoms with Crippen molar-refractivity contribution in [3.8, 4) is 0 Å². The number of benzene rings is 1. The first-order valence-electron chi connectivity index (χ1n) is 11.9. The first-order chi connectivity index (χ1) is 14.4. The molecule has 5 rings (SSSR count). The minimum absolute atomic E-state index is 0. The summed E-state index contributed by atoms with van der Waals surface area (Å²) in [5.74, 6) is 1.24. The van der Waals surface area contributed by atoms with Gasteiger partial charge in [-0.25, -0.2) is 0 Å². The molecule has 6 atom stereocenters. The standard InChI is InChI=1S/C25H39BN2O3.ClH/c1-16(2)12-21(28-22(29)24(5,27)15-17-10-8-7-9-11-17)26-30-20-14-18-13-19(23(18,3)4)25(20,6)31-26;/h7-11,16,18-21H,12-15,27H2,1-6H3,(H,28,29);1H/t18-,19-,20+,21-,24-,25-;/m0./s1. The molecule has 1 heterocycles. The van der Waals surface area contributed by atoms with E-state index < -0.39 is 12.7 Å². The van der Waals surface area contributed by atoms with Crippen LogP contribution in [0, 0.1) is 23.2 Å². The van der Waals surface area contributed by atoms with E-state index in [9.17, 15) is 4.79 Å². The molecule has 178 valence electrons. The van der Waals surface area contributed by atoms with Crippen molar-refractivity contribution in [1.82, 2.24) is 5.32 Å². The molecule has 3 N–H and O–H groups in total. The summed E-state index contributed by atoms with van der Waals surface area (Å²) in [6.45, 7) is 13.1. The SMILES string of the molecule is CC(C)C[C@H](NC(=O)[C@@](C)(N)Cc1ccccc1)B1O[C@@H]2C[C@@H]3C[C@@H](C3(C)C)[C@]2(C)O1.Cl. The zero-order valence-electron chi connectivity index (χ0n) is 20.4. The van der Waals surface area contributed by atoms with Crippen molar-refractivity contribution in [3.05, 3.63) is 35.9 Å². The average Bonchev–Trinajstić information content (AvgIpc) is 3.04. The van der Waals surface area contributed by atoms with Gasteiger partial charge in [-0.2, -0.15) is 0 Å². The van der Waals surface area contributed by atoms with Crippen LogP contribution in [0.2, 0.25) is 0 Å². The van der Waals surface area contributed by atoms with E-state index in [2.05, 4.69) is 39.9 Å². The van der Waals surface area contributed by atoms with Crippen molar-refractivity contribution >= 4 is 25.4 Å². The Kier molecular flexibility index (Phi) is 7.14. The van der Waals surface area contributed by atoms with E-state index in [1.165, 1.54) is 6.42 Å². The number of carbonyl (C=O) groups is 1. The van der Waals surface area contributed by atoms with Gasteiger partial charge in [-0.1, -0.05) is 58.0 Å². The second-order valence-electron chi connectivity index (χ2n) is 11.6. The highest BCUT2D eigenvalue weighted by Gasteiger charge is 2.68. The molecule has 32 heavy (non-hydrogen) atoms. The van der Waals surface area contributed by atoms with Crippen molar-refractivity contribution in [2.45, 2.75) is 90.4 Å². The summed E-state index contributed by atoms with van der Waals surface area (Å²) in [5, 5.41) is 3.21. The highest BCUT2D eigenvalue weighted by Crippen LogP contribution is 2.65. The van der Waals surface area contributed by atoms with Gasteiger partial charge in [0, 0.05) is 0 Å². The fourth-order valence-electron chi connectivity index (χ4n) is 6.25. The van der Waals surface area contributed by atoms with Gasteiger partial charge in [0.1, 0.15) is 0 Å². The summed E-state index contributed by atoms with van der Waals surface area (Å²) < 4.78 is 13.1. The Balaban J connectivity index is 0.00000289. The molecule has 0 aromatic heterocycles. The fourth-order valence-corrected chi connectivity index (χ4v) is 6.25. The third-order valence-corrected chi connectivity index (χ3v) is 8.27. The molecule has 3 aliphatic carbocycles. The third-order valence-electron chi connectivity index (χ3n) is 8.27. The molecule has 0 radical (unpaired) electrons. The topological polar surface area (TPSA) is 73.6 Å². The van der Waals surface area contributed by atoms with E-state index in [0.29, 0.717) is 29.6 Å². The Bertz CT molecular complexity index is 819. The summed E-state index contributed by atoms with van der Waals surface area (Å²) in [6.07, 6.45) is 3.64. The number of amides is 1. The summed E-state index contributed by atoms with van der Waals surface area (Å²) in [6, 6.07) is 9.93. The van der Waals surface area contributed by atoms with E-state index in [-0.39, 0.29) is 36.0 Å². The molecule has 1 aromatic rings. The minimum atomic E-state index is -1.00. The summed E-state index contributed by atoms with van der Waals surface area (Å²) in [5.41, 5.74) is 6.55. The molecular formula is C25H40BClN2O3. The molecule has 1 amide bonds. The van der Waals surface area contributed by atoms with Gasteiger partial charge >= 0.3 is 7.12 Å². The predicted octanol–water partition coefficient (Wildman–Crippen LogP) is 4.17. The molecule has 4 fully saturated rings. The van der Waals surface area contributed by atoms with E-state index in [4.69, 9.17) is 15.0 Å². The zero-order valence-corrected chi connectivity index (χ0v) is 21.2. The molecule has 0 spiro atoms. The Hall–Kier alpha value is -1.08. The summed E-state index contributed by atoms with van der Waals surface area (Å²) >= 11 is 0.